The Bertz CT molecular complexity index is 231. The summed E-state index contributed by atoms with van der Waals surface area (Å²) in [5.74, 6) is -0.516. The second-order valence-corrected chi connectivity index (χ2v) is 2.74. The second-order valence-electron chi connectivity index (χ2n) is 2.74. The molecule has 78 valence electrons. The molecule has 0 aromatic carbocycles. The Hall–Kier alpha value is -1.20. The van der Waals surface area contributed by atoms with Gasteiger partial charge in [0.2, 0.25) is 0 Å². The van der Waals surface area contributed by atoms with E-state index in [4.69, 9.17) is 4.89 Å². The van der Waals surface area contributed by atoms with Crippen molar-refractivity contribution in [2.45, 2.75) is 13.3 Å². The van der Waals surface area contributed by atoms with Crippen molar-refractivity contribution in [1.29, 1.82) is 0 Å². The highest BCUT2D eigenvalue weighted by atomic mass is 17.2. The van der Waals surface area contributed by atoms with Gasteiger partial charge < -0.3 is 0 Å². The summed E-state index contributed by atoms with van der Waals surface area (Å²) in [6.07, 6.45) is 3.12. The van der Waals surface area contributed by atoms with Crippen LogP contribution in [0.15, 0.2) is 12.2 Å². The monoisotopic (exact) mass is 199 g/mol. The third-order valence-electron chi connectivity index (χ3n) is 1.71. The van der Waals surface area contributed by atoms with Gasteiger partial charge >= 0.3 is 0 Å². The van der Waals surface area contributed by atoms with Gasteiger partial charge in [0, 0.05) is 18.7 Å². The van der Waals surface area contributed by atoms with Crippen LogP contribution in [0.2, 0.25) is 0 Å². The van der Waals surface area contributed by atoms with Gasteiger partial charge in [-0.05, 0) is 13.3 Å². The van der Waals surface area contributed by atoms with Gasteiger partial charge in [0.05, 0.1) is 13.2 Å². The lowest BCUT2D eigenvalue weighted by Crippen LogP contribution is -2.31. The Balaban J connectivity index is 2.13. The fraction of sp³-hybridized carbons (Fsp3) is 0.556. The maximum atomic E-state index is 11.1. The van der Waals surface area contributed by atoms with Gasteiger partial charge in [-0.15, -0.1) is 0 Å². The lowest BCUT2D eigenvalue weighted by molar-refractivity contribution is -0.291. The molecule has 0 saturated heterocycles. The first-order chi connectivity index (χ1) is 6.75. The Kier molecular flexibility index (Phi) is 4.28. The molecule has 0 fully saturated rings. The van der Waals surface area contributed by atoms with Crippen LogP contribution in [0.3, 0.4) is 0 Å². The van der Waals surface area contributed by atoms with E-state index in [0.717, 1.165) is 0 Å². The van der Waals surface area contributed by atoms with Crippen molar-refractivity contribution in [2.75, 3.05) is 19.8 Å². The molecule has 0 saturated carbocycles. The van der Waals surface area contributed by atoms with E-state index in [9.17, 15) is 9.59 Å². The SMILES string of the molecule is CCOOCCCN1C(=O)C=CC1=O. The third-order valence-corrected chi connectivity index (χ3v) is 1.71. The Morgan fingerprint density at radius 3 is 2.43 bits per heavy atom. The molecule has 2 amide bonds. The molecule has 1 rings (SSSR count). The highest BCUT2D eigenvalue weighted by Gasteiger charge is 2.22. The molecule has 1 aliphatic rings. The van der Waals surface area contributed by atoms with E-state index in [0.29, 0.717) is 26.2 Å². The number of nitrogens with zero attached hydrogens (tertiary/aromatic N) is 1. The quantitative estimate of drug-likeness (QED) is 0.267. The molecule has 1 aliphatic heterocycles. The number of amides is 2. The largest absolute Gasteiger partial charge is 0.275 e. The number of hydrogen-bond acceptors (Lipinski definition) is 4. The predicted octanol–water partition coefficient (Wildman–Crippen LogP) is 0.270. The van der Waals surface area contributed by atoms with Crippen molar-refractivity contribution in [3.05, 3.63) is 12.2 Å². The molecule has 0 unspecified atom stereocenters. The van der Waals surface area contributed by atoms with Crippen molar-refractivity contribution in [3.63, 3.8) is 0 Å². The van der Waals surface area contributed by atoms with E-state index in [1.807, 2.05) is 6.92 Å². The number of rotatable bonds is 6. The first kappa shape index (κ1) is 10.9. The molecule has 14 heavy (non-hydrogen) atoms. The van der Waals surface area contributed by atoms with Crippen molar-refractivity contribution in [2.24, 2.45) is 0 Å². The smallest absolute Gasteiger partial charge is 0.253 e. The van der Waals surface area contributed by atoms with Crippen LogP contribution in [0, 0.1) is 0 Å². The van der Waals surface area contributed by atoms with Crippen molar-refractivity contribution >= 4 is 11.8 Å². The topological polar surface area (TPSA) is 55.8 Å². The maximum absolute atomic E-state index is 11.1. The molecule has 0 spiro atoms. The van der Waals surface area contributed by atoms with Crippen LogP contribution < -0.4 is 0 Å². The van der Waals surface area contributed by atoms with Crippen LogP contribution in [0.5, 0.6) is 0 Å². The summed E-state index contributed by atoms with van der Waals surface area (Å²) in [6.45, 7) is 3.06. The minimum atomic E-state index is -0.258. The van der Waals surface area contributed by atoms with Gasteiger partial charge in [-0.3, -0.25) is 14.5 Å². The first-order valence-electron chi connectivity index (χ1n) is 4.53. The molecule has 5 heteroatoms. The summed E-state index contributed by atoms with van der Waals surface area (Å²) in [5.41, 5.74) is 0. The minimum Gasteiger partial charge on any atom is -0.275 e. The summed E-state index contributed by atoms with van der Waals surface area (Å²) in [6, 6.07) is 0. The van der Waals surface area contributed by atoms with Gasteiger partial charge in [0.25, 0.3) is 11.8 Å². The summed E-state index contributed by atoms with van der Waals surface area (Å²) in [5, 5.41) is 0. The fourth-order valence-electron chi connectivity index (χ4n) is 1.08. The summed E-state index contributed by atoms with van der Waals surface area (Å²) in [4.78, 5) is 32.7. The van der Waals surface area contributed by atoms with E-state index in [1.165, 1.54) is 17.1 Å². The van der Waals surface area contributed by atoms with Crippen LogP contribution in [0.25, 0.3) is 0 Å². The molecule has 0 bridgehead atoms. The Morgan fingerprint density at radius 2 is 1.86 bits per heavy atom. The molecule has 0 aromatic rings. The number of carbonyl (C=O) groups is 2. The Labute approximate surface area is 82.2 Å². The molecular formula is C9H13NO4. The lowest BCUT2D eigenvalue weighted by Gasteiger charge is -2.12. The summed E-state index contributed by atoms with van der Waals surface area (Å²) < 4.78 is 0. The predicted molar refractivity (Wildman–Crippen MR) is 48.1 cm³/mol. The average molecular weight is 199 g/mol. The molecule has 0 N–H and O–H groups in total. The van der Waals surface area contributed by atoms with Crippen LogP contribution in [-0.2, 0) is 19.4 Å². The molecule has 0 aliphatic carbocycles. The summed E-state index contributed by atoms with van der Waals surface area (Å²) >= 11 is 0. The van der Waals surface area contributed by atoms with E-state index in [1.54, 1.807) is 0 Å². The third kappa shape index (κ3) is 2.93. The molecular weight excluding hydrogens is 186 g/mol. The van der Waals surface area contributed by atoms with Gasteiger partial charge in [-0.1, -0.05) is 0 Å². The van der Waals surface area contributed by atoms with E-state index >= 15 is 0 Å². The number of imide groups is 1. The van der Waals surface area contributed by atoms with Crippen LogP contribution >= 0.6 is 0 Å². The highest BCUT2D eigenvalue weighted by molar-refractivity contribution is 6.12. The number of carbonyl (C=O) groups excluding carboxylic acids is 2. The highest BCUT2D eigenvalue weighted by Crippen LogP contribution is 2.03. The molecule has 0 aromatic heterocycles. The Morgan fingerprint density at radius 1 is 1.21 bits per heavy atom. The molecule has 1 heterocycles. The lowest BCUT2D eigenvalue weighted by atomic mass is 10.4. The molecule has 5 nitrogen and oxygen atoms in total. The average Bonchev–Trinajstić information content (AvgIpc) is 2.48. The van der Waals surface area contributed by atoms with E-state index < -0.39 is 0 Å². The molecule has 0 radical (unpaired) electrons. The zero-order valence-electron chi connectivity index (χ0n) is 8.06. The van der Waals surface area contributed by atoms with Gasteiger partial charge in [-0.2, -0.15) is 0 Å². The van der Waals surface area contributed by atoms with Crippen LogP contribution in [0.4, 0.5) is 0 Å². The fourth-order valence-corrected chi connectivity index (χ4v) is 1.08. The maximum Gasteiger partial charge on any atom is 0.253 e. The molecule has 0 atom stereocenters. The summed E-state index contributed by atoms with van der Waals surface area (Å²) in [7, 11) is 0. The van der Waals surface area contributed by atoms with E-state index in [-0.39, 0.29) is 11.8 Å². The van der Waals surface area contributed by atoms with Gasteiger partial charge in [-0.25, -0.2) is 9.78 Å². The second kappa shape index (κ2) is 5.51. The van der Waals surface area contributed by atoms with Crippen LogP contribution in [-0.4, -0.2) is 36.5 Å². The van der Waals surface area contributed by atoms with Crippen molar-refractivity contribution in [1.82, 2.24) is 4.90 Å². The standard InChI is InChI=1S/C9H13NO4/c1-2-13-14-7-3-6-10-8(11)4-5-9(10)12/h4-5H,2-3,6-7H2,1H3. The zero-order chi connectivity index (χ0) is 10.4. The minimum absolute atomic E-state index is 0.258. The van der Waals surface area contributed by atoms with Gasteiger partial charge in [0.1, 0.15) is 0 Å². The van der Waals surface area contributed by atoms with Crippen molar-refractivity contribution in [3.8, 4) is 0 Å². The van der Waals surface area contributed by atoms with Gasteiger partial charge in [0.15, 0.2) is 0 Å². The first-order valence-corrected chi connectivity index (χ1v) is 4.53. The van der Waals surface area contributed by atoms with Crippen LogP contribution in [0.1, 0.15) is 13.3 Å². The zero-order valence-corrected chi connectivity index (χ0v) is 8.06. The van der Waals surface area contributed by atoms with E-state index in [2.05, 4.69) is 4.89 Å². The number of hydrogen-bond donors (Lipinski definition) is 0. The van der Waals surface area contributed by atoms with Crippen molar-refractivity contribution < 1.29 is 19.4 Å². The normalized spacial score (nSPS) is 15.6.